The molecule has 1 atom stereocenters. The molecule has 6 heteroatoms. The molecule has 0 aliphatic carbocycles. The van der Waals surface area contributed by atoms with Crippen LogP contribution >= 0.6 is 0 Å². The molecule has 0 aliphatic heterocycles. The van der Waals surface area contributed by atoms with Crippen LogP contribution in [0.1, 0.15) is 34.6 Å². The molecule has 0 heterocycles. The summed E-state index contributed by atoms with van der Waals surface area (Å²) >= 11 is 0. The Bertz CT molecular complexity index is 285. The molecule has 0 aromatic heterocycles. The summed E-state index contributed by atoms with van der Waals surface area (Å²) < 4.78 is 15.0. The van der Waals surface area contributed by atoms with Crippen molar-refractivity contribution in [2.24, 2.45) is 0 Å². The van der Waals surface area contributed by atoms with E-state index < -0.39 is 23.7 Å². The molecule has 0 bridgehead atoms. The highest BCUT2D eigenvalue weighted by Crippen LogP contribution is 2.12. The zero-order valence-corrected chi connectivity index (χ0v) is 12.0. The summed E-state index contributed by atoms with van der Waals surface area (Å²) in [6, 6.07) is -0.750. The van der Waals surface area contributed by atoms with E-state index in [-0.39, 0.29) is 13.3 Å². The van der Waals surface area contributed by atoms with Gasteiger partial charge in [-0.2, -0.15) is 0 Å². The van der Waals surface area contributed by atoms with Crippen molar-refractivity contribution in [3.05, 3.63) is 0 Å². The first-order valence-corrected chi connectivity index (χ1v) is 5.88. The van der Waals surface area contributed by atoms with Crippen molar-refractivity contribution in [2.45, 2.75) is 46.3 Å². The molecule has 18 heavy (non-hydrogen) atoms. The van der Waals surface area contributed by atoms with E-state index in [1.54, 1.807) is 34.6 Å². The lowest BCUT2D eigenvalue weighted by atomic mass is 10.2. The number of esters is 1. The van der Waals surface area contributed by atoms with Gasteiger partial charge in [-0.15, -0.1) is 0 Å². The summed E-state index contributed by atoms with van der Waals surface area (Å²) in [5, 5.41) is 0. The van der Waals surface area contributed by atoms with Gasteiger partial charge in [0.2, 0.25) is 0 Å². The van der Waals surface area contributed by atoms with Gasteiger partial charge < -0.3 is 14.2 Å². The third kappa shape index (κ3) is 5.86. The highest BCUT2D eigenvalue weighted by molar-refractivity contribution is 5.81. The van der Waals surface area contributed by atoms with Crippen LogP contribution in [0, 0.1) is 0 Å². The number of hydrogen-bond acceptors (Lipinski definition) is 5. The number of methoxy groups -OCH3 is 1. The second-order valence-corrected chi connectivity index (χ2v) is 4.80. The summed E-state index contributed by atoms with van der Waals surface area (Å²) in [5.41, 5.74) is -0.628. The van der Waals surface area contributed by atoms with Crippen LogP contribution in [0.15, 0.2) is 0 Å². The predicted molar refractivity (Wildman–Crippen MR) is 66.0 cm³/mol. The van der Waals surface area contributed by atoms with Crippen molar-refractivity contribution in [2.75, 3.05) is 20.4 Å². The maximum atomic E-state index is 11.9. The van der Waals surface area contributed by atoms with Crippen molar-refractivity contribution in [1.29, 1.82) is 0 Å². The van der Waals surface area contributed by atoms with E-state index in [1.807, 2.05) is 0 Å². The molecule has 0 rings (SSSR count). The fraction of sp³-hybridized carbons (Fsp3) is 0.833. The van der Waals surface area contributed by atoms with Crippen LogP contribution in [-0.2, 0) is 19.0 Å². The van der Waals surface area contributed by atoms with Crippen molar-refractivity contribution in [3.8, 4) is 0 Å². The number of carbonyl (C=O) groups excluding carboxylic acids is 2. The van der Waals surface area contributed by atoms with Crippen LogP contribution in [0.3, 0.4) is 0 Å². The van der Waals surface area contributed by atoms with Crippen LogP contribution in [0.25, 0.3) is 0 Å². The standard InChI is InChI=1S/C12H23NO5/c1-7-17-10(14)9(2)13(8-16-6)11(15)18-12(3,4)5/h9H,7-8H2,1-6H3/t9-/m0/s1. The van der Waals surface area contributed by atoms with Gasteiger partial charge in [-0.05, 0) is 34.6 Å². The molecule has 0 aromatic rings. The molecule has 0 unspecified atom stereocenters. The van der Waals surface area contributed by atoms with E-state index in [0.29, 0.717) is 0 Å². The summed E-state index contributed by atoms with van der Waals surface area (Å²) in [4.78, 5) is 24.7. The lowest BCUT2D eigenvalue weighted by Crippen LogP contribution is -2.47. The van der Waals surface area contributed by atoms with Crippen LogP contribution in [0.2, 0.25) is 0 Å². The number of hydrogen-bond donors (Lipinski definition) is 0. The van der Waals surface area contributed by atoms with E-state index in [9.17, 15) is 9.59 Å². The molecular formula is C12H23NO5. The van der Waals surface area contributed by atoms with Crippen LogP contribution < -0.4 is 0 Å². The third-order valence-electron chi connectivity index (χ3n) is 1.99. The molecule has 0 spiro atoms. The molecule has 6 nitrogen and oxygen atoms in total. The Morgan fingerprint density at radius 1 is 1.28 bits per heavy atom. The topological polar surface area (TPSA) is 65.1 Å². The zero-order valence-electron chi connectivity index (χ0n) is 12.0. The SMILES string of the molecule is CCOC(=O)[C@H](C)N(COC)C(=O)OC(C)(C)C. The highest BCUT2D eigenvalue weighted by atomic mass is 16.6. The van der Waals surface area contributed by atoms with Gasteiger partial charge in [0, 0.05) is 7.11 Å². The minimum absolute atomic E-state index is 0.0328. The highest BCUT2D eigenvalue weighted by Gasteiger charge is 2.30. The Balaban J connectivity index is 4.73. The van der Waals surface area contributed by atoms with Gasteiger partial charge in [0.25, 0.3) is 0 Å². The average molecular weight is 261 g/mol. The van der Waals surface area contributed by atoms with Crippen molar-refractivity contribution >= 4 is 12.1 Å². The number of ether oxygens (including phenoxy) is 3. The van der Waals surface area contributed by atoms with E-state index >= 15 is 0 Å². The minimum atomic E-state index is -0.750. The van der Waals surface area contributed by atoms with Crippen molar-refractivity contribution in [3.63, 3.8) is 0 Å². The summed E-state index contributed by atoms with van der Waals surface area (Å²) in [6.07, 6.45) is -0.607. The normalized spacial score (nSPS) is 12.8. The number of amides is 1. The van der Waals surface area contributed by atoms with Gasteiger partial charge >= 0.3 is 12.1 Å². The van der Waals surface area contributed by atoms with Crippen LogP contribution in [-0.4, -0.2) is 49.1 Å². The van der Waals surface area contributed by atoms with E-state index in [1.165, 1.54) is 12.0 Å². The number of nitrogens with zero attached hydrogens (tertiary/aromatic N) is 1. The molecule has 106 valence electrons. The minimum Gasteiger partial charge on any atom is -0.464 e. The van der Waals surface area contributed by atoms with Crippen molar-refractivity contribution < 1.29 is 23.8 Å². The maximum absolute atomic E-state index is 11.9. The predicted octanol–water partition coefficient (Wildman–Crippen LogP) is 1.78. The molecule has 0 aromatic carbocycles. The Morgan fingerprint density at radius 2 is 1.83 bits per heavy atom. The first kappa shape index (κ1) is 16.7. The van der Waals surface area contributed by atoms with Crippen molar-refractivity contribution in [1.82, 2.24) is 4.90 Å². The van der Waals surface area contributed by atoms with Gasteiger partial charge in [-0.1, -0.05) is 0 Å². The smallest absolute Gasteiger partial charge is 0.412 e. The van der Waals surface area contributed by atoms with E-state index in [4.69, 9.17) is 14.2 Å². The summed E-state index contributed by atoms with van der Waals surface area (Å²) in [5.74, 6) is -0.486. The molecule has 0 aliphatic rings. The molecule has 0 saturated heterocycles. The fourth-order valence-electron chi connectivity index (χ4n) is 1.17. The average Bonchev–Trinajstić information content (AvgIpc) is 2.22. The maximum Gasteiger partial charge on any atom is 0.412 e. The van der Waals surface area contributed by atoms with Gasteiger partial charge in [0.1, 0.15) is 18.4 Å². The molecule has 0 radical (unpaired) electrons. The van der Waals surface area contributed by atoms with Crippen LogP contribution in [0.5, 0.6) is 0 Å². The molecule has 0 fully saturated rings. The molecule has 1 amide bonds. The fourth-order valence-corrected chi connectivity index (χ4v) is 1.17. The van der Waals surface area contributed by atoms with Gasteiger partial charge in [-0.25, -0.2) is 9.59 Å². The Kier molecular flexibility index (Phi) is 6.68. The van der Waals surface area contributed by atoms with Crippen LogP contribution in [0.4, 0.5) is 4.79 Å². The molecule has 0 saturated carbocycles. The quantitative estimate of drug-likeness (QED) is 0.557. The second kappa shape index (κ2) is 7.20. The summed E-state index contributed by atoms with van der Waals surface area (Å²) in [7, 11) is 1.44. The Hall–Kier alpha value is -1.30. The zero-order chi connectivity index (χ0) is 14.3. The first-order valence-electron chi connectivity index (χ1n) is 5.88. The summed E-state index contributed by atoms with van der Waals surface area (Å²) in [6.45, 7) is 8.77. The number of carbonyl (C=O) groups is 2. The lowest BCUT2D eigenvalue weighted by Gasteiger charge is -2.29. The monoisotopic (exact) mass is 261 g/mol. The van der Waals surface area contributed by atoms with Gasteiger partial charge in [-0.3, -0.25) is 4.90 Å². The second-order valence-electron chi connectivity index (χ2n) is 4.80. The first-order chi connectivity index (χ1) is 8.22. The van der Waals surface area contributed by atoms with E-state index in [2.05, 4.69) is 0 Å². The van der Waals surface area contributed by atoms with Gasteiger partial charge in [0.05, 0.1) is 6.61 Å². The van der Waals surface area contributed by atoms with E-state index in [0.717, 1.165) is 0 Å². The molecular weight excluding hydrogens is 238 g/mol. The Morgan fingerprint density at radius 3 is 2.22 bits per heavy atom. The largest absolute Gasteiger partial charge is 0.464 e. The van der Waals surface area contributed by atoms with Gasteiger partial charge in [0.15, 0.2) is 0 Å². The third-order valence-corrected chi connectivity index (χ3v) is 1.99. The Labute approximate surface area is 108 Å². The molecule has 0 N–H and O–H groups in total. The lowest BCUT2D eigenvalue weighted by molar-refractivity contribution is -0.150. The number of rotatable bonds is 5.